The number of thioether (sulfide) groups is 1. The molecule has 0 bridgehead atoms. The number of hydrogen-bond donors (Lipinski definition) is 1. The molecule has 2 saturated heterocycles. The number of benzene rings is 1. The van der Waals surface area contributed by atoms with E-state index in [0.717, 1.165) is 13.1 Å². The van der Waals surface area contributed by atoms with Crippen molar-refractivity contribution >= 4 is 23.6 Å². The Balaban J connectivity index is 1.75. The summed E-state index contributed by atoms with van der Waals surface area (Å²) in [5.74, 6) is -0.481. The van der Waals surface area contributed by atoms with Gasteiger partial charge in [0.25, 0.3) is 0 Å². The molecule has 2 atom stereocenters. The number of hydrogen-bond acceptors (Lipinski definition) is 3. The molecular weight excluding hydrogens is 329 g/mol. The van der Waals surface area contributed by atoms with Crippen molar-refractivity contribution in [3.63, 3.8) is 0 Å². The van der Waals surface area contributed by atoms with Gasteiger partial charge in [0, 0.05) is 5.56 Å². The second-order valence-electron chi connectivity index (χ2n) is 6.46. The van der Waals surface area contributed by atoms with Crippen LogP contribution in [0.1, 0.15) is 17.9 Å². The predicted molar refractivity (Wildman–Crippen MR) is 91.1 cm³/mol. The molecule has 0 aliphatic carbocycles. The van der Waals surface area contributed by atoms with E-state index in [1.165, 1.54) is 27.6 Å². The van der Waals surface area contributed by atoms with Crippen LogP contribution in [-0.2, 0) is 9.59 Å². The van der Waals surface area contributed by atoms with Crippen molar-refractivity contribution in [2.45, 2.75) is 17.5 Å². The lowest BCUT2D eigenvalue weighted by Crippen LogP contribution is -3.12. The number of likely N-dealkylation sites (N-methyl/N-ethyl adjacent to an activating group) is 1. The van der Waals surface area contributed by atoms with Crippen LogP contribution >= 0.6 is 11.8 Å². The number of carbonyl (C=O) groups excluding carboxylic acids is 2. The van der Waals surface area contributed by atoms with Gasteiger partial charge in [-0.3, -0.25) is 9.59 Å². The summed E-state index contributed by atoms with van der Waals surface area (Å²) in [5, 5.41) is -0.699. The minimum Gasteiger partial charge on any atom is -0.334 e. The van der Waals surface area contributed by atoms with E-state index in [2.05, 4.69) is 7.05 Å². The van der Waals surface area contributed by atoms with Crippen LogP contribution in [0, 0.1) is 5.82 Å². The molecule has 3 rings (SSSR count). The lowest BCUT2D eigenvalue weighted by Gasteiger charge is -2.32. The number of piperazine rings is 1. The molecule has 2 aliphatic heterocycles. The Labute approximate surface area is 145 Å². The number of carbonyl (C=O) groups is 2. The lowest BCUT2D eigenvalue weighted by molar-refractivity contribution is -0.883. The Morgan fingerprint density at radius 3 is 2.67 bits per heavy atom. The molecule has 24 heavy (non-hydrogen) atoms. The monoisotopic (exact) mass is 352 g/mol. The van der Waals surface area contributed by atoms with Crippen molar-refractivity contribution < 1.29 is 18.9 Å². The second kappa shape index (κ2) is 7.11. The van der Waals surface area contributed by atoms with Gasteiger partial charge in [-0.15, -0.1) is 11.8 Å². The van der Waals surface area contributed by atoms with Crippen molar-refractivity contribution in [3.8, 4) is 0 Å². The van der Waals surface area contributed by atoms with Gasteiger partial charge in [0.1, 0.15) is 17.7 Å². The first-order chi connectivity index (χ1) is 11.5. The van der Waals surface area contributed by atoms with E-state index in [0.29, 0.717) is 18.7 Å². The summed E-state index contributed by atoms with van der Waals surface area (Å²) in [6, 6.07) is 6.48. The zero-order valence-corrected chi connectivity index (χ0v) is 14.8. The van der Waals surface area contributed by atoms with Crippen LogP contribution in [0.15, 0.2) is 24.3 Å². The number of quaternary nitrogens is 1. The average molecular weight is 352 g/mol. The van der Waals surface area contributed by atoms with Crippen LogP contribution in [0.2, 0.25) is 0 Å². The highest BCUT2D eigenvalue weighted by molar-refractivity contribution is 8.01. The molecule has 0 aromatic heterocycles. The quantitative estimate of drug-likeness (QED) is 0.842. The maximum atomic E-state index is 14.2. The smallest absolute Gasteiger partial charge is 0.242 e. The zero-order valence-electron chi connectivity index (χ0n) is 14.0. The highest BCUT2D eigenvalue weighted by Crippen LogP contribution is 2.43. The lowest BCUT2D eigenvalue weighted by atomic mass is 10.2. The molecule has 0 saturated carbocycles. The minimum atomic E-state index is -0.435. The maximum absolute atomic E-state index is 14.2. The van der Waals surface area contributed by atoms with Crippen molar-refractivity contribution in [2.24, 2.45) is 0 Å². The summed E-state index contributed by atoms with van der Waals surface area (Å²) in [6.45, 7) is 5.08. The Bertz CT molecular complexity index is 634. The molecule has 0 unspecified atom stereocenters. The van der Waals surface area contributed by atoms with Gasteiger partial charge < -0.3 is 14.7 Å². The summed E-state index contributed by atoms with van der Waals surface area (Å²) in [6.07, 6.45) is 0. The molecule has 1 N–H and O–H groups in total. The van der Waals surface area contributed by atoms with Crippen LogP contribution in [0.25, 0.3) is 0 Å². The third-order valence-electron chi connectivity index (χ3n) is 4.69. The summed E-state index contributed by atoms with van der Waals surface area (Å²) in [4.78, 5) is 29.8. The number of nitrogens with zero attached hydrogens (tertiary/aromatic N) is 2. The SMILES string of the molecule is C[C@H]1S[C@H](c2ccccc2F)N(CC(=O)N2CC[NH+](C)CC2)C1=O. The summed E-state index contributed by atoms with van der Waals surface area (Å²) < 4.78 is 14.2. The van der Waals surface area contributed by atoms with E-state index in [4.69, 9.17) is 0 Å². The van der Waals surface area contributed by atoms with E-state index in [-0.39, 0.29) is 29.4 Å². The van der Waals surface area contributed by atoms with E-state index in [1.54, 1.807) is 18.2 Å². The fourth-order valence-corrected chi connectivity index (χ4v) is 4.44. The molecule has 2 aliphatic rings. The second-order valence-corrected chi connectivity index (χ2v) is 7.88. The number of rotatable bonds is 3. The molecule has 7 heteroatoms. The molecule has 1 aromatic carbocycles. The standard InChI is InChI=1S/C17H22FN3O2S/c1-12-16(23)21(11-15(22)20-9-7-19(2)8-10-20)17(24-12)13-5-3-4-6-14(13)18/h3-6,12,17H,7-11H2,1-2H3/p+1/t12-,17-/m1/s1. The van der Waals surface area contributed by atoms with E-state index >= 15 is 0 Å². The third kappa shape index (κ3) is 3.42. The largest absolute Gasteiger partial charge is 0.334 e. The van der Waals surface area contributed by atoms with Gasteiger partial charge >= 0.3 is 0 Å². The summed E-state index contributed by atoms with van der Waals surface area (Å²) in [5.41, 5.74) is 0.468. The van der Waals surface area contributed by atoms with Crippen LogP contribution in [-0.4, -0.2) is 66.6 Å². The Morgan fingerprint density at radius 2 is 2.00 bits per heavy atom. The van der Waals surface area contributed by atoms with Crippen molar-refractivity contribution in [3.05, 3.63) is 35.6 Å². The van der Waals surface area contributed by atoms with E-state index in [1.807, 2.05) is 11.8 Å². The summed E-state index contributed by atoms with van der Waals surface area (Å²) in [7, 11) is 2.11. The zero-order chi connectivity index (χ0) is 17.3. The fraction of sp³-hybridized carbons (Fsp3) is 0.529. The van der Waals surface area contributed by atoms with Gasteiger partial charge in [0.05, 0.1) is 38.5 Å². The molecule has 2 amide bonds. The molecule has 130 valence electrons. The molecule has 2 fully saturated rings. The van der Waals surface area contributed by atoms with Crippen molar-refractivity contribution in [1.29, 1.82) is 0 Å². The normalized spacial score (nSPS) is 25.4. The van der Waals surface area contributed by atoms with Gasteiger partial charge in [-0.1, -0.05) is 18.2 Å². The average Bonchev–Trinajstić information content (AvgIpc) is 2.84. The molecule has 0 spiro atoms. The number of halogens is 1. The van der Waals surface area contributed by atoms with Gasteiger partial charge in [-0.05, 0) is 13.0 Å². The number of nitrogens with one attached hydrogen (secondary N) is 1. The van der Waals surface area contributed by atoms with Crippen LogP contribution in [0.4, 0.5) is 4.39 Å². The predicted octanol–water partition coefficient (Wildman–Crippen LogP) is 0.145. The topological polar surface area (TPSA) is 45.1 Å². The summed E-state index contributed by atoms with van der Waals surface area (Å²) >= 11 is 1.40. The first kappa shape index (κ1) is 17.2. The maximum Gasteiger partial charge on any atom is 0.242 e. The van der Waals surface area contributed by atoms with Gasteiger partial charge in [-0.2, -0.15) is 0 Å². The van der Waals surface area contributed by atoms with Gasteiger partial charge in [-0.25, -0.2) is 4.39 Å². The van der Waals surface area contributed by atoms with Crippen LogP contribution in [0.3, 0.4) is 0 Å². The Morgan fingerprint density at radius 1 is 1.33 bits per heavy atom. The van der Waals surface area contributed by atoms with Crippen LogP contribution < -0.4 is 4.90 Å². The molecule has 2 heterocycles. The van der Waals surface area contributed by atoms with Crippen molar-refractivity contribution in [1.82, 2.24) is 9.80 Å². The third-order valence-corrected chi connectivity index (χ3v) is 6.07. The Hall–Kier alpha value is -1.60. The molecule has 1 aromatic rings. The number of amides is 2. The fourth-order valence-electron chi connectivity index (χ4n) is 3.14. The molecule has 0 radical (unpaired) electrons. The van der Waals surface area contributed by atoms with Gasteiger partial charge in [0.2, 0.25) is 11.8 Å². The van der Waals surface area contributed by atoms with E-state index < -0.39 is 5.37 Å². The van der Waals surface area contributed by atoms with Crippen LogP contribution in [0.5, 0.6) is 0 Å². The molecule has 5 nitrogen and oxygen atoms in total. The molecular formula is C17H23FN3O2S+. The highest BCUT2D eigenvalue weighted by atomic mass is 32.2. The van der Waals surface area contributed by atoms with Gasteiger partial charge in [0.15, 0.2) is 0 Å². The first-order valence-corrected chi connectivity index (χ1v) is 9.21. The van der Waals surface area contributed by atoms with E-state index in [9.17, 15) is 14.0 Å². The highest BCUT2D eigenvalue weighted by Gasteiger charge is 2.41. The Kier molecular flexibility index (Phi) is 5.10. The van der Waals surface area contributed by atoms with Crippen molar-refractivity contribution in [2.75, 3.05) is 39.8 Å². The minimum absolute atomic E-state index is 0.0220. The first-order valence-electron chi connectivity index (χ1n) is 8.27.